The van der Waals surface area contributed by atoms with Gasteiger partial charge >= 0.3 is 5.97 Å². The second-order valence-electron chi connectivity index (χ2n) is 5.78. The monoisotopic (exact) mass is 452 g/mol. The van der Waals surface area contributed by atoms with Gasteiger partial charge in [-0.05, 0) is 26.8 Å². The van der Waals surface area contributed by atoms with E-state index in [1.54, 1.807) is 45.0 Å². The maximum Gasteiger partial charge on any atom is 0.319 e. The van der Waals surface area contributed by atoms with Crippen molar-refractivity contribution in [2.45, 2.75) is 30.4 Å². The Kier molecular flexibility index (Phi) is 6.88. The molecule has 0 radical (unpaired) electrons. The Morgan fingerprint density at radius 3 is 2.83 bits per heavy atom. The van der Waals surface area contributed by atoms with Crippen molar-refractivity contribution in [2.24, 2.45) is 0 Å². The van der Waals surface area contributed by atoms with Crippen molar-refractivity contribution >= 4 is 51.7 Å². The summed E-state index contributed by atoms with van der Waals surface area (Å²) in [4.78, 5) is 24.6. The number of esters is 1. The molecule has 0 aliphatic carbocycles. The highest BCUT2D eigenvalue weighted by molar-refractivity contribution is 8.02. The fourth-order valence-electron chi connectivity index (χ4n) is 2.40. The molecule has 8 nitrogen and oxygen atoms in total. The third-order valence-electron chi connectivity index (χ3n) is 3.74. The molecule has 0 saturated carbocycles. The summed E-state index contributed by atoms with van der Waals surface area (Å²) in [6.07, 6.45) is 0. The number of carbonyl (C=O) groups is 2. The number of thioether (sulfide) groups is 1. The zero-order valence-corrected chi connectivity index (χ0v) is 18.2. The number of amides is 1. The van der Waals surface area contributed by atoms with E-state index in [2.05, 4.69) is 20.7 Å². The van der Waals surface area contributed by atoms with Gasteiger partial charge in [-0.2, -0.15) is 0 Å². The first-order valence-corrected chi connectivity index (χ1v) is 10.7. The van der Waals surface area contributed by atoms with Crippen molar-refractivity contribution in [3.05, 3.63) is 40.6 Å². The van der Waals surface area contributed by atoms with Gasteiger partial charge in [-0.1, -0.05) is 58.1 Å². The van der Waals surface area contributed by atoms with E-state index in [9.17, 15) is 9.59 Å². The quantitative estimate of drug-likeness (QED) is 0.318. The highest BCUT2D eigenvalue weighted by Crippen LogP contribution is 2.33. The van der Waals surface area contributed by atoms with E-state index in [4.69, 9.17) is 20.9 Å². The zero-order chi connectivity index (χ0) is 21.0. The molecule has 0 saturated heterocycles. The third-order valence-corrected chi connectivity index (χ3v) is 6.07. The number of nitrogens with one attached hydrogen (secondary N) is 1. The average molecular weight is 453 g/mol. The van der Waals surface area contributed by atoms with Crippen molar-refractivity contribution in [3.8, 4) is 11.3 Å². The highest BCUT2D eigenvalue weighted by Gasteiger charge is 2.24. The number of nitrogens with zero attached hydrogens (tertiary/aromatic N) is 3. The fraction of sp³-hybridized carbons (Fsp3) is 0.278. The van der Waals surface area contributed by atoms with Gasteiger partial charge in [0.25, 0.3) is 5.91 Å². The van der Waals surface area contributed by atoms with Gasteiger partial charge in [-0.25, -0.2) is 0 Å². The largest absolute Gasteiger partial charge is 0.465 e. The normalized spacial score (nSPS) is 11.9. The van der Waals surface area contributed by atoms with Gasteiger partial charge in [0.05, 0.1) is 11.6 Å². The van der Waals surface area contributed by atoms with Crippen LogP contribution in [0.25, 0.3) is 11.3 Å². The number of hydrogen-bond acceptors (Lipinski definition) is 9. The van der Waals surface area contributed by atoms with Crippen LogP contribution in [-0.2, 0) is 9.53 Å². The number of halogens is 1. The Hall–Kier alpha value is -2.43. The van der Waals surface area contributed by atoms with Crippen molar-refractivity contribution in [3.63, 3.8) is 0 Å². The van der Waals surface area contributed by atoms with Gasteiger partial charge in [0.15, 0.2) is 4.34 Å². The molecule has 1 atom stereocenters. The van der Waals surface area contributed by atoms with Crippen LogP contribution >= 0.6 is 34.7 Å². The second-order valence-corrected chi connectivity index (χ2v) is 8.75. The van der Waals surface area contributed by atoms with E-state index in [-0.39, 0.29) is 11.5 Å². The number of benzene rings is 1. The molecular weight excluding hydrogens is 436 g/mol. The SMILES string of the molecule is CCOC(=O)C(C)Sc1nnc(NC(=O)c2c(-c3ccccc3Cl)noc2C)s1. The van der Waals surface area contributed by atoms with Gasteiger partial charge < -0.3 is 9.26 Å². The van der Waals surface area contributed by atoms with Crippen LogP contribution in [0.2, 0.25) is 5.02 Å². The average Bonchev–Trinajstić information content (AvgIpc) is 3.28. The minimum absolute atomic E-state index is 0.266. The van der Waals surface area contributed by atoms with Gasteiger partial charge in [0.1, 0.15) is 22.3 Å². The maximum absolute atomic E-state index is 12.8. The van der Waals surface area contributed by atoms with E-state index < -0.39 is 11.2 Å². The van der Waals surface area contributed by atoms with Crippen LogP contribution in [0.3, 0.4) is 0 Å². The molecule has 11 heteroatoms. The van der Waals surface area contributed by atoms with E-state index in [0.29, 0.717) is 38.1 Å². The third kappa shape index (κ3) is 4.95. The van der Waals surface area contributed by atoms with Crippen molar-refractivity contribution in [1.29, 1.82) is 0 Å². The van der Waals surface area contributed by atoms with Gasteiger partial charge in [0.2, 0.25) is 5.13 Å². The second kappa shape index (κ2) is 9.38. The van der Waals surface area contributed by atoms with Crippen molar-refractivity contribution in [2.75, 3.05) is 11.9 Å². The summed E-state index contributed by atoms with van der Waals surface area (Å²) in [6.45, 7) is 5.42. The van der Waals surface area contributed by atoms with Gasteiger partial charge in [-0.15, -0.1) is 10.2 Å². The lowest BCUT2D eigenvalue weighted by Gasteiger charge is -2.07. The number of carbonyl (C=O) groups excluding carboxylic acids is 2. The number of hydrogen-bond donors (Lipinski definition) is 1. The minimum Gasteiger partial charge on any atom is -0.465 e. The summed E-state index contributed by atoms with van der Waals surface area (Å²) < 4.78 is 10.7. The van der Waals surface area contributed by atoms with Gasteiger partial charge in [0, 0.05) is 5.56 Å². The molecule has 1 unspecified atom stereocenters. The lowest BCUT2D eigenvalue weighted by molar-refractivity contribution is -0.142. The topological polar surface area (TPSA) is 107 Å². The molecule has 1 amide bonds. The Labute approximate surface area is 180 Å². The molecule has 29 heavy (non-hydrogen) atoms. The van der Waals surface area contributed by atoms with Crippen LogP contribution in [0.1, 0.15) is 30.0 Å². The Bertz CT molecular complexity index is 1040. The summed E-state index contributed by atoms with van der Waals surface area (Å²) in [5, 5.41) is 15.0. The summed E-state index contributed by atoms with van der Waals surface area (Å²) in [6, 6.07) is 7.05. The molecule has 3 aromatic rings. The van der Waals surface area contributed by atoms with E-state index in [0.717, 1.165) is 11.3 Å². The van der Waals surface area contributed by atoms with Crippen molar-refractivity contribution < 1.29 is 18.8 Å². The molecule has 0 aliphatic rings. The molecule has 0 spiro atoms. The fourth-order valence-corrected chi connectivity index (χ4v) is 4.52. The highest BCUT2D eigenvalue weighted by atomic mass is 35.5. The smallest absolute Gasteiger partial charge is 0.319 e. The predicted molar refractivity (Wildman–Crippen MR) is 112 cm³/mol. The molecule has 0 bridgehead atoms. The van der Waals surface area contributed by atoms with Crippen LogP contribution < -0.4 is 5.32 Å². The number of aryl methyl sites for hydroxylation is 1. The van der Waals surface area contributed by atoms with E-state index in [1.807, 2.05) is 0 Å². The Morgan fingerprint density at radius 2 is 2.10 bits per heavy atom. The van der Waals surface area contributed by atoms with Crippen LogP contribution in [0, 0.1) is 6.92 Å². The summed E-state index contributed by atoms with van der Waals surface area (Å²) >= 11 is 8.60. The van der Waals surface area contributed by atoms with E-state index >= 15 is 0 Å². The van der Waals surface area contributed by atoms with Crippen LogP contribution in [-0.4, -0.2) is 39.1 Å². The molecule has 0 aliphatic heterocycles. The molecule has 3 rings (SSSR count). The first kappa shape index (κ1) is 21.3. The molecule has 2 aromatic heterocycles. The standard InChI is InChI=1S/C18H17ClN4O4S2/c1-4-26-16(25)10(3)28-18-22-21-17(29-18)20-15(24)13-9(2)27-23-14(13)11-7-5-6-8-12(11)19/h5-8,10H,4H2,1-3H3,(H,20,21,24). The molecule has 1 N–H and O–H groups in total. The zero-order valence-electron chi connectivity index (χ0n) is 15.8. The summed E-state index contributed by atoms with van der Waals surface area (Å²) in [5.74, 6) is -0.417. The molecule has 152 valence electrons. The maximum atomic E-state index is 12.8. The van der Waals surface area contributed by atoms with Crippen LogP contribution in [0.15, 0.2) is 33.1 Å². The minimum atomic E-state index is -0.440. The first-order chi connectivity index (χ1) is 13.9. The van der Waals surface area contributed by atoms with E-state index in [1.165, 1.54) is 11.8 Å². The van der Waals surface area contributed by atoms with Gasteiger partial charge in [-0.3, -0.25) is 14.9 Å². The summed E-state index contributed by atoms with van der Waals surface area (Å²) in [5.41, 5.74) is 1.20. The molecular formula is C18H17ClN4O4S2. The lowest BCUT2D eigenvalue weighted by atomic mass is 10.1. The summed E-state index contributed by atoms with van der Waals surface area (Å²) in [7, 11) is 0. The predicted octanol–water partition coefficient (Wildman–Crippen LogP) is 4.45. The Balaban J connectivity index is 1.76. The van der Waals surface area contributed by atoms with Crippen molar-refractivity contribution in [1.82, 2.24) is 15.4 Å². The number of anilines is 1. The van der Waals surface area contributed by atoms with Crippen LogP contribution in [0.4, 0.5) is 5.13 Å². The number of ether oxygens (including phenoxy) is 1. The molecule has 0 fully saturated rings. The lowest BCUT2D eigenvalue weighted by Crippen LogP contribution is -2.16. The number of rotatable bonds is 7. The Morgan fingerprint density at radius 1 is 1.34 bits per heavy atom. The molecule has 2 heterocycles. The first-order valence-electron chi connectivity index (χ1n) is 8.60. The van der Waals surface area contributed by atoms with Crippen LogP contribution in [0.5, 0.6) is 0 Å². The number of aromatic nitrogens is 3. The molecule has 1 aromatic carbocycles.